The van der Waals surface area contributed by atoms with E-state index in [9.17, 15) is 0 Å². The average molecular weight is 133 g/mol. The Morgan fingerprint density at radius 3 is 2.12 bits per heavy atom. The van der Waals surface area contributed by atoms with Crippen molar-refractivity contribution in [1.82, 2.24) is 0 Å². The van der Waals surface area contributed by atoms with Crippen LogP contribution in [0.3, 0.4) is 0 Å². The lowest BCUT2D eigenvalue weighted by Crippen LogP contribution is -2.18. The maximum absolute atomic E-state index is 5.57. The van der Waals surface area contributed by atoms with Gasteiger partial charge in [-0.05, 0) is 25.7 Å². The van der Waals surface area contributed by atoms with Gasteiger partial charge in [0, 0.05) is 6.04 Å². The van der Waals surface area contributed by atoms with E-state index in [1.807, 2.05) is 0 Å². The summed E-state index contributed by atoms with van der Waals surface area (Å²) in [7, 11) is 1.04. The first-order valence-corrected chi connectivity index (χ1v) is 4.67. The normalized spacial score (nSPS) is 19.5. The van der Waals surface area contributed by atoms with E-state index < -0.39 is 0 Å². The molecule has 0 spiro atoms. The minimum atomic E-state index is 0.387. The van der Waals surface area contributed by atoms with Gasteiger partial charge in [0.15, 0.2) is 0 Å². The van der Waals surface area contributed by atoms with E-state index >= 15 is 0 Å². The van der Waals surface area contributed by atoms with Gasteiger partial charge in [0.05, 0.1) is 0 Å². The Hall–Kier alpha value is 0.390. The summed E-state index contributed by atoms with van der Waals surface area (Å²) in [6, 6.07) is 0.387. The molecule has 2 heteroatoms. The van der Waals surface area contributed by atoms with Gasteiger partial charge in [-0.25, -0.2) is 0 Å². The first kappa shape index (κ1) is 8.39. The SMILES string of the molecule is CPC(C)CC(C)N. The molecule has 1 nitrogen and oxygen atoms in total. The molecule has 3 unspecified atom stereocenters. The fourth-order valence-electron chi connectivity index (χ4n) is 0.676. The Bertz CT molecular complexity index is 54.5. The molecule has 0 heterocycles. The third-order valence-corrected chi connectivity index (χ3v) is 2.44. The molecule has 2 N–H and O–H groups in total. The molecule has 3 atom stereocenters. The van der Waals surface area contributed by atoms with Crippen LogP contribution in [0.15, 0.2) is 0 Å². The van der Waals surface area contributed by atoms with Crippen LogP contribution in [-0.2, 0) is 0 Å². The van der Waals surface area contributed by atoms with E-state index in [4.69, 9.17) is 5.73 Å². The van der Waals surface area contributed by atoms with E-state index in [0.29, 0.717) is 6.04 Å². The maximum Gasteiger partial charge on any atom is 0.00163 e. The van der Waals surface area contributed by atoms with E-state index in [1.165, 1.54) is 6.42 Å². The summed E-state index contributed by atoms with van der Waals surface area (Å²) < 4.78 is 0. The molecule has 0 fully saturated rings. The van der Waals surface area contributed by atoms with Crippen LogP contribution in [0.5, 0.6) is 0 Å². The summed E-state index contributed by atoms with van der Waals surface area (Å²) in [6.45, 7) is 6.55. The highest BCUT2D eigenvalue weighted by Gasteiger charge is 2.00. The van der Waals surface area contributed by atoms with Crippen molar-refractivity contribution in [2.24, 2.45) is 5.73 Å². The van der Waals surface area contributed by atoms with Crippen LogP contribution >= 0.6 is 8.58 Å². The van der Waals surface area contributed by atoms with Gasteiger partial charge in [0.2, 0.25) is 0 Å². The second-order valence-corrected chi connectivity index (χ2v) is 3.97. The quantitative estimate of drug-likeness (QED) is 0.579. The van der Waals surface area contributed by atoms with Gasteiger partial charge in [-0.15, -0.1) is 8.58 Å². The fraction of sp³-hybridized carbons (Fsp3) is 1.00. The molecule has 0 saturated carbocycles. The van der Waals surface area contributed by atoms with E-state index in [0.717, 1.165) is 14.2 Å². The van der Waals surface area contributed by atoms with Gasteiger partial charge in [-0.1, -0.05) is 6.92 Å². The predicted octanol–water partition coefficient (Wildman–Crippen LogP) is 1.42. The van der Waals surface area contributed by atoms with Crippen molar-refractivity contribution in [3.8, 4) is 0 Å². The minimum Gasteiger partial charge on any atom is -0.328 e. The summed E-state index contributed by atoms with van der Waals surface area (Å²) in [5, 5.41) is 0. The second kappa shape index (κ2) is 4.29. The smallest absolute Gasteiger partial charge is 0.00163 e. The summed E-state index contributed by atoms with van der Waals surface area (Å²) in [5.41, 5.74) is 6.40. The van der Waals surface area contributed by atoms with Crippen molar-refractivity contribution in [1.29, 1.82) is 0 Å². The van der Waals surface area contributed by atoms with Crippen LogP contribution in [0.2, 0.25) is 0 Å². The molecule has 0 rings (SSSR count). The molecule has 0 radical (unpaired) electrons. The van der Waals surface area contributed by atoms with Crippen molar-refractivity contribution in [3.05, 3.63) is 0 Å². The Morgan fingerprint density at radius 1 is 1.50 bits per heavy atom. The first-order valence-electron chi connectivity index (χ1n) is 3.09. The van der Waals surface area contributed by atoms with Crippen LogP contribution in [0, 0.1) is 0 Å². The molecule has 0 aliphatic heterocycles. The summed E-state index contributed by atoms with van der Waals surface area (Å²) in [5.74, 6) is 0. The molecule has 0 bridgehead atoms. The standard InChI is InChI=1S/C6H16NP/c1-5(7)4-6(2)8-3/h5-6,8H,4,7H2,1-3H3. The minimum absolute atomic E-state index is 0.387. The molecule has 0 saturated heterocycles. The number of nitrogens with two attached hydrogens (primary N) is 1. The van der Waals surface area contributed by atoms with Gasteiger partial charge in [0.25, 0.3) is 0 Å². The maximum atomic E-state index is 5.57. The summed E-state index contributed by atoms with van der Waals surface area (Å²) >= 11 is 0. The lowest BCUT2D eigenvalue weighted by Gasteiger charge is -2.09. The molecule has 50 valence electrons. The lowest BCUT2D eigenvalue weighted by molar-refractivity contribution is 0.661. The van der Waals surface area contributed by atoms with Crippen LogP contribution in [0.25, 0.3) is 0 Å². The van der Waals surface area contributed by atoms with E-state index in [2.05, 4.69) is 20.5 Å². The van der Waals surface area contributed by atoms with Crippen LogP contribution in [0.1, 0.15) is 20.3 Å². The molecular formula is C6H16NP. The monoisotopic (exact) mass is 133 g/mol. The third kappa shape index (κ3) is 4.55. The Balaban J connectivity index is 3.10. The Labute approximate surface area is 53.8 Å². The summed E-state index contributed by atoms with van der Waals surface area (Å²) in [4.78, 5) is 0. The molecule has 0 aromatic carbocycles. The summed E-state index contributed by atoms with van der Waals surface area (Å²) in [6.07, 6.45) is 1.18. The number of hydrogen-bond donors (Lipinski definition) is 1. The van der Waals surface area contributed by atoms with E-state index in [-0.39, 0.29) is 0 Å². The fourth-order valence-corrected chi connectivity index (χ4v) is 1.28. The van der Waals surface area contributed by atoms with Crippen molar-refractivity contribution >= 4 is 8.58 Å². The third-order valence-electron chi connectivity index (χ3n) is 1.22. The molecule has 8 heavy (non-hydrogen) atoms. The molecular weight excluding hydrogens is 117 g/mol. The average Bonchev–Trinajstić information content (AvgIpc) is 1.65. The van der Waals surface area contributed by atoms with Gasteiger partial charge < -0.3 is 5.73 Å². The molecule has 0 aromatic heterocycles. The lowest BCUT2D eigenvalue weighted by atomic mass is 10.2. The highest BCUT2D eigenvalue weighted by molar-refractivity contribution is 7.37. The van der Waals surface area contributed by atoms with Crippen molar-refractivity contribution < 1.29 is 0 Å². The van der Waals surface area contributed by atoms with Gasteiger partial charge >= 0.3 is 0 Å². The zero-order valence-electron chi connectivity index (χ0n) is 5.94. The van der Waals surface area contributed by atoms with Crippen LogP contribution in [0.4, 0.5) is 0 Å². The van der Waals surface area contributed by atoms with Gasteiger partial charge in [-0.3, -0.25) is 0 Å². The van der Waals surface area contributed by atoms with Crippen molar-refractivity contribution in [2.75, 3.05) is 6.66 Å². The Morgan fingerprint density at radius 2 is 2.00 bits per heavy atom. The second-order valence-electron chi connectivity index (χ2n) is 2.40. The molecule has 0 amide bonds. The van der Waals surface area contributed by atoms with E-state index in [1.54, 1.807) is 0 Å². The topological polar surface area (TPSA) is 26.0 Å². The largest absolute Gasteiger partial charge is 0.328 e. The number of rotatable bonds is 3. The molecule has 0 aliphatic carbocycles. The highest BCUT2D eigenvalue weighted by atomic mass is 31.1. The zero-order valence-corrected chi connectivity index (χ0v) is 6.94. The van der Waals surface area contributed by atoms with Crippen LogP contribution in [-0.4, -0.2) is 18.4 Å². The molecule has 0 aromatic rings. The van der Waals surface area contributed by atoms with Crippen molar-refractivity contribution in [2.45, 2.75) is 32.0 Å². The first-order chi connectivity index (χ1) is 3.66. The van der Waals surface area contributed by atoms with Crippen molar-refractivity contribution in [3.63, 3.8) is 0 Å². The number of hydrogen-bond acceptors (Lipinski definition) is 1. The Kier molecular flexibility index (Phi) is 4.50. The van der Waals surface area contributed by atoms with Gasteiger partial charge in [-0.2, -0.15) is 0 Å². The zero-order chi connectivity index (χ0) is 6.57. The molecule has 0 aliphatic rings. The van der Waals surface area contributed by atoms with Crippen LogP contribution < -0.4 is 5.73 Å². The van der Waals surface area contributed by atoms with Gasteiger partial charge in [0.1, 0.15) is 0 Å². The highest BCUT2D eigenvalue weighted by Crippen LogP contribution is 2.16. The predicted molar refractivity (Wildman–Crippen MR) is 42.0 cm³/mol.